The zero-order valence-corrected chi connectivity index (χ0v) is 10.7. The highest BCUT2D eigenvalue weighted by Crippen LogP contribution is 2.32. The SMILES string of the molecule is COc1ccc(C)cc1-c1ccc(OC)c(N)n1. The van der Waals surface area contributed by atoms with Crippen LogP contribution in [-0.4, -0.2) is 19.2 Å². The molecule has 0 saturated heterocycles. The first kappa shape index (κ1) is 12.2. The first-order valence-electron chi connectivity index (χ1n) is 5.61. The van der Waals surface area contributed by atoms with Gasteiger partial charge in [0.15, 0.2) is 11.6 Å². The Labute approximate surface area is 106 Å². The van der Waals surface area contributed by atoms with Crippen molar-refractivity contribution in [1.82, 2.24) is 4.98 Å². The zero-order chi connectivity index (χ0) is 13.1. The number of ether oxygens (including phenoxy) is 2. The van der Waals surface area contributed by atoms with Crippen molar-refractivity contribution in [2.24, 2.45) is 0 Å². The van der Waals surface area contributed by atoms with E-state index in [0.717, 1.165) is 22.6 Å². The summed E-state index contributed by atoms with van der Waals surface area (Å²) in [5, 5.41) is 0. The summed E-state index contributed by atoms with van der Waals surface area (Å²) in [5.74, 6) is 1.72. The summed E-state index contributed by atoms with van der Waals surface area (Å²) in [6, 6.07) is 9.61. The van der Waals surface area contributed by atoms with E-state index in [2.05, 4.69) is 4.98 Å². The predicted octanol–water partition coefficient (Wildman–Crippen LogP) is 2.66. The third-order valence-electron chi connectivity index (χ3n) is 2.74. The summed E-state index contributed by atoms with van der Waals surface area (Å²) in [4.78, 5) is 4.34. The van der Waals surface area contributed by atoms with Gasteiger partial charge in [-0.1, -0.05) is 11.6 Å². The average molecular weight is 244 g/mol. The van der Waals surface area contributed by atoms with Gasteiger partial charge in [0, 0.05) is 5.56 Å². The van der Waals surface area contributed by atoms with Crippen LogP contribution in [0.25, 0.3) is 11.3 Å². The van der Waals surface area contributed by atoms with Gasteiger partial charge in [-0.05, 0) is 31.2 Å². The van der Waals surface area contributed by atoms with E-state index in [9.17, 15) is 0 Å². The fourth-order valence-corrected chi connectivity index (χ4v) is 1.81. The molecule has 0 aliphatic carbocycles. The summed E-state index contributed by atoms with van der Waals surface area (Å²) in [6.07, 6.45) is 0. The minimum atomic E-state index is 0.374. The second kappa shape index (κ2) is 4.96. The third-order valence-corrected chi connectivity index (χ3v) is 2.74. The van der Waals surface area contributed by atoms with Crippen molar-refractivity contribution in [3.8, 4) is 22.8 Å². The molecule has 94 valence electrons. The van der Waals surface area contributed by atoms with Gasteiger partial charge in [-0.2, -0.15) is 0 Å². The van der Waals surface area contributed by atoms with E-state index in [1.807, 2.05) is 31.2 Å². The molecule has 2 rings (SSSR count). The average Bonchev–Trinajstić information content (AvgIpc) is 2.38. The molecule has 4 heteroatoms. The highest BCUT2D eigenvalue weighted by molar-refractivity contribution is 5.70. The lowest BCUT2D eigenvalue weighted by Gasteiger charge is -2.10. The highest BCUT2D eigenvalue weighted by Gasteiger charge is 2.09. The van der Waals surface area contributed by atoms with Crippen molar-refractivity contribution >= 4 is 5.82 Å². The molecular formula is C14H16N2O2. The quantitative estimate of drug-likeness (QED) is 0.901. The minimum absolute atomic E-state index is 0.374. The van der Waals surface area contributed by atoms with Crippen LogP contribution in [0.15, 0.2) is 30.3 Å². The number of anilines is 1. The monoisotopic (exact) mass is 244 g/mol. The molecule has 0 aliphatic heterocycles. The summed E-state index contributed by atoms with van der Waals surface area (Å²) in [6.45, 7) is 2.02. The fraction of sp³-hybridized carbons (Fsp3) is 0.214. The van der Waals surface area contributed by atoms with Gasteiger partial charge in [0.1, 0.15) is 5.75 Å². The van der Waals surface area contributed by atoms with Gasteiger partial charge in [-0.25, -0.2) is 4.98 Å². The van der Waals surface area contributed by atoms with E-state index in [1.165, 1.54) is 0 Å². The molecule has 1 heterocycles. The van der Waals surface area contributed by atoms with Crippen LogP contribution in [-0.2, 0) is 0 Å². The van der Waals surface area contributed by atoms with Gasteiger partial charge in [0.25, 0.3) is 0 Å². The largest absolute Gasteiger partial charge is 0.496 e. The van der Waals surface area contributed by atoms with E-state index < -0.39 is 0 Å². The molecule has 0 aliphatic rings. The summed E-state index contributed by atoms with van der Waals surface area (Å²) in [7, 11) is 3.21. The van der Waals surface area contributed by atoms with Crippen LogP contribution in [0, 0.1) is 6.92 Å². The van der Waals surface area contributed by atoms with Gasteiger partial charge >= 0.3 is 0 Å². The van der Waals surface area contributed by atoms with E-state index in [-0.39, 0.29) is 0 Å². The highest BCUT2D eigenvalue weighted by atomic mass is 16.5. The molecule has 0 fully saturated rings. The number of aromatic nitrogens is 1. The standard InChI is InChI=1S/C14H16N2O2/c1-9-4-6-12(17-2)10(8-9)11-5-7-13(18-3)14(15)16-11/h4-8H,1-3H3,(H2,15,16). The first-order chi connectivity index (χ1) is 8.65. The summed E-state index contributed by atoms with van der Waals surface area (Å²) >= 11 is 0. The number of hydrogen-bond acceptors (Lipinski definition) is 4. The Bertz CT molecular complexity index is 568. The van der Waals surface area contributed by atoms with Crippen molar-refractivity contribution in [3.05, 3.63) is 35.9 Å². The molecule has 2 N–H and O–H groups in total. The van der Waals surface area contributed by atoms with E-state index in [0.29, 0.717) is 11.6 Å². The van der Waals surface area contributed by atoms with Crippen LogP contribution in [0.1, 0.15) is 5.56 Å². The topological polar surface area (TPSA) is 57.4 Å². The molecule has 1 aromatic heterocycles. The first-order valence-corrected chi connectivity index (χ1v) is 5.61. The number of methoxy groups -OCH3 is 2. The Kier molecular flexibility index (Phi) is 3.37. The molecule has 2 aromatic rings. The van der Waals surface area contributed by atoms with Gasteiger partial charge in [0.2, 0.25) is 0 Å². The lowest BCUT2D eigenvalue weighted by atomic mass is 10.1. The fourth-order valence-electron chi connectivity index (χ4n) is 1.81. The Morgan fingerprint density at radius 1 is 1.00 bits per heavy atom. The molecule has 0 saturated carbocycles. The number of aryl methyl sites for hydroxylation is 1. The second-order valence-electron chi connectivity index (χ2n) is 3.99. The van der Waals surface area contributed by atoms with Crippen molar-refractivity contribution < 1.29 is 9.47 Å². The molecule has 0 radical (unpaired) electrons. The van der Waals surface area contributed by atoms with Gasteiger partial charge < -0.3 is 15.2 Å². The molecule has 0 bridgehead atoms. The van der Waals surface area contributed by atoms with Crippen molar-refractivity contribution in [3.63, 3.8) is 0 Å². The van der Waals surface area contributed by atoms with E-state index >= 15 is 0 Å². The smallest absolute Gasteiger partial charge is 0.166 e. The molecule has 18 heavy (non-hydrogen) atoms. The molecular weight excluding hydrogens is 228 g/mol. The van der Waals surface area contributed by atoms with Gasteiger partial charge in [0.05, 0.1) is 19.9 Å². The van der Waals surface area contributed by atoms with Crippen LogP contribution < -0.4 is 15.2 Å². The van der Waals surface area contributed by atoms with Crippen LogP contribution in [0.3, 0.4) is 0 Å². The van der Waals surface area contributed by atoms with Gasteiger partial charge in [-0.3, -0.25) is 0 Å². The Morgan fingerprint density at radius 3 is 2.28 bits per heavy atom. The van der Waals surface area contributed by atoms with Crippen molar-refractivity contribution in [2.75, 3.05) is 20.0 Å². The number of hydrogen-bond donors (Lipinski definition) is 1. The normalized spacial score (nSPS) is 10.2. The van der Waals surface area contributed by atoms with Crippen LogP contribution >= 0.6 is 0 Å². The maximum absolute atomic E-state index is 5.82. The lowest BCUT2D eigenvalue weighted by molar-refractivity contribution is 0.414. The third kappa shape index (κ3) is 2.22. The number of rotatable bonds is 3. The zero-order valence-electron chi connectivity index (χ0n) is 10.7. The molecule has 0 atom stereocenters. The number of nitrogen functional groups attached to an aromatic ring is 1. The number of pyridine rings is 1. The number of benzene rings is 1. The Balaban J connectivity index is 2.54. The minimum Gasteiger partial charge on any atom is -0.496 e. The molecule has 0 unspecified atom stereocenters. The van der Waals surface area contributed by atoms with Crippen molar-refractivity contribution in [1.29, 1.82) is 0 Å². The van der Waals surface area contributed by atoms with Crippen LogP contribution in [0.4, 0.5) is 5.82 Å². The predicted molar refractivity (Wildman–Crippen MR) is 71.9 cm³/mol. The van der Waals surface area contributed by atoms with E-state index in [1.54, 1.807) is 20.3 Å². The number of nitrogens with zero attached hydrogens (tertiary/aromatic N) is 1. The molecule has 0 amide bonds. The van der Waals surface area contributed by atoms with Crippen LogP contribution in [0.5, 0.6) is 11.5 Å². The summed E-state index contributed by atoms with van der Waals surface area (Å²) in [5.41, 5.74) is 8.66. The maximum atomic E-state index is 5.82. The maximum Gasteiger partial charge on any atom is 0.166 e. The number of nitrogens with two attached hydrogens (primary N) is 1. The van der Waals surface area contributed by atoms with Crippen LogP contribution in [0.2, 0.25) is 0 Å². The Hall–Kier alpha value is -2.23. The van der Waals surface area contributed by atoms with Crippen molar-refractivity contribution in [2.45, 2.75) is 6.92 Å². The summed E-state index contributed by atoms with van der Waals surface area (Å²) < 4.78 is 10.4. The molecule has 4 nitrogen and oxygen atoms in total. The van der Waals surface area contributed by atoms with Gasteiger partial charge in [-0.15, -0.1) is 0 Å². The second-order valence-corrected chi connectivity index (χ2v) is 3.99. The molecule has 0 spiro atoms. The van der Waals surface area contributed by atoms with E-state index in [4.69, 9.17) is 15.2 Å². The Morgan fingerprint density at radius 2 is 1.67 bits per heavy atom. The lowest BCUT2D eigenvalue weighted by Crippen LogP contribution is -1.98. The molecule has 1 aromatic carbocycles.